The van der Waals surface area contributed by atoms with Crippen molar-refractivity contribution in [2.24, 2.45) is 11.8 Å². The second-order valence-corrected chi connectivity index (χ2v) is 5.70. The van der Waals surface area contributed by atoms with E-state index in [0.29, 0.717) is 19.4 Å². The maximum atomic E-state index is 13.3. The van der Waals surface area contributed by atoms with Crippen molar-refractivity contribution in [2.75, 3.05) is 6.54 Å². The fraction of sp³-hybridized carbons (Fsp3) is 0.733. The van der Waals surface area contributed by atoms with Gasteiger partial charge in [0, 0.05) is 24.0 Å². The topological polar surface area (TPSA) is 37.8 Å². The predicted molar refractivity (Wildman–Crippen MR) is 74.6 cm³/mol. The molecule has 0 spiro atoms. The maximum absolute atomic E-state index is 13.3. The van der Waals surface area contributed by atoms with Crippen LogP contribution in [-0.2, 0) is 0 Å². The van der Waals surface area contributed by atoms with Crippen LogP contribution in [-0.4, -0.2) is 22.7 Å². The van der Waals surface area contributed by atoms with E-state index in [0.717, 1.165) is 18.4 Å². The van der Waals surface area contributed by atoms with E-state index in [1.54, 1.807) is 12.4 Å². The second kappa shape index (κ2) is 7.20. The minimum absolute atomic E-state index is 0.228. The summed E-state index contributed by atoms with van der Waals surface area (Å²) in [6.07, 6.45) is 3.75. The van der Waals surface area contributed by atoms with Gasteiger partial charge in [-0.05, 0) is 31.7 Å². The molecule has 0 saturated heterocycles. The van der Waals surface area contributed by atoms with Gasteiger partial charge in [-0.1, -0.05) is 19.8 Å². The molecule has 1 aliphatic carbocycles. The highest BCUT2D eigenvalue weighted by Gasteiger charge is 2.48. The van der Waals surface area contributed by atoms with Crippen molar-refractivity contribution in [3.8, 4) is 0 Å². The Bertz CT molecular complexity index is 422. The summed E-state index contributed by atoms with van der Waals surface area (Å²) in [5.41, 5.74) is 0.757. The molecule has 0 bridgehead atoms. The van der Waals surface area contributed by atoms with Gasteiger partial charge < -0.3 is 5.32 Å². The normalized spacial score (nSPS) is 24.8. The molecule has 0 radical (unpaired) electrons. The van der Waals surface area contributed by atoms with Crippen LogP contribution in [0.5, 0.6) is 0 Å². The SMILES string of the molecule is CCCNC(c1cncnc1)C1CCCCC1C(F)(F)F. The summed E-state index contributed by atoms with van der Waals surface area (Å²) in [6.45, 7) is 2.70. The fourth-order valence-electron chi connectivity index (χ4n) is 3.25. The third-order valence-electron chi connectivity index (χ3n) is 4.22. The lowest BCUT2D eigenvalue weighted by Gasteiger charge is -2.38. The first-order valence-corrected chi connectivity index (χ1v) is 7.59. The highest BCUT2D eigenvalue weighted by atomic mass is 19.4. The molecule has 118 valence electrons. The Kier molecular flexibility index (Phi) is 5.56. The number of aromatic nitrogens is 2. The van der Waals surface area contributed by atoms with Crippen LogP contribution in [0.4, 0.5) is 13.2 Å². The van der Waals surface area contributed by atoms with Gasteiger partial charge >= 0.3 is 6.18 Å². The van der Waals surface area contributed by atoms with E-state index in [1.807, 2.05) is 6.92 Å². The summed E-state index contributed by atoms with van der Waals surface area (Å²) < 4.78 is 40.0. The van der Waals surface area contributed by atoms with Crippen LogP contribution < -0.4 is 5.32 Å². The minimum Gasteiger partial charge on any atom is -0.310 e. The van der Waals surface area contributed by atoms with Crippen LogP contribution in [0.1, 0.15) is 50.6 Å². The zero-order chi connectivity index (χ0) is 15.3. The summed E-state index contributed by atoms with van der Waals surface area (Å²) in [7, 11) is 0. The lowest BCUT2D eigenvalue weighted by Crippen LogP contribution is -2.41. The molecule has 1 aromatic rings. The third kappa shape index (κ3) is 4.15. The van der Waals surface area contributed by atoms with Crippen LogP contribution >= 0.6 is 0 Å². The van der Waals surface area contributed by atoms with Crippen molar-refractivity contribution < 1.29 is 13.2 Å². The molecule has 1 heterocycles. The Morgan fingerprint density at radius 1 is 1.24 bits per heavy atom. The Morgan fingerprint density at radius 2 is 1.90 bits per heavy atom. The van der Waals surface area contributed by atoms with Gasteiger partial charge in [-0.25, -0.2) is 9.97 Å². The molecule has 3 nitrogen and oxygen atoms in total. The quantitative estimate of drug-likeness (QED) is 0.896. The Hall–Kier alpha value is -1.17. The molecule has 6 heteroatoms. The van der Waals surface area contributed by atoms with Crippen molar-refractivity contribution >= 4 is 0 Å². The van der Waals surface area contributed by atoms with Crippen molar-refractivity contribution in [3.63, 3.8) is 0 Å². The molecule has 2 rings (SSSR count). The lowest BCUT2D eigenvalue weighted by atomic mass is 9.73. The first-order valence-electron chi connectivity index (χ1n) is 7.59. The molecule has 3 unspecified atom stereocenters. The Labute approximate surface area is 123 Å². The highest BCUT2D eigenvalue weighted by molar-refractivity contribution is 5.12. The average molecular weight is 301 g/mol. The number of nitrogens with zero attached hydrogens (tertiary/aromatic N) is 2. The predicted octanol–water partition coefficient (Wildman–Crippen LogP) is 3.89. The van der Waals surface area contributed by atoms with E-state index >= 15 is 0 Å². The molecule has 3 atom stereocenters. The summed E-state index contributed by atoms with van der Waals surface area (Å²) in [6, 6.07) is -0.321. The highest BCUT2D eigenvalue weighted by Crippen LogP contribution is 2.46. The largest absolute Gasteiger partial charge is 0.392 e. The molecule has 0 amide bonds. The van der Waals surface area contributed by atoms with E-state index < -0.39 is 18.0 Å². The molecule has 1 aromatic heterocycles. The number of halogens is 3. The Balaban J connectivity index is 2.25. The van der Waals surface area contributed by atoms with Gasteiger partial charge in [-0.3, -0.25) is 0 Å². The van der Waals surface area contributed by atoms with Crippen LogP contribution in [0.25, 0.3) is 0 Å². The van der Waals surface area contributed by atoms with Crippen LogP contribution in [0.15, 0.2) is 18.7 Å². The minimum atomic E-state index is -4.13. The molecule has 1 fully saturated rings. The van der Waals surface area contributed by atoms with Crippen molar-refractivity contribution in [1.29, 1.82) is 0 Å². The summed E-state index contributed by atoms with van der Waals surface area (Å²) in [5, 5.41) is 3.28. The molecular weight excluding hydrogens is 279 g/mol. The number of hydrogen-bond donors (Lipinski definition) is 1. The summed E-state index contributed by atoms with van der Waals surface area (Å²) >= 11 is 0. The maximum Gasteiger partial charge on any atom is 0.392 e. The zero-order valence-corrected chi connectivity index (χ0v) is 12.2. The van der Waals surface area contributed by atoms with Gasteiger partial charge in [-0.15, -0.1) is 0 Å². The van der Waals surface area contributed by atoms with E-state index in [9.17, 15) is 13.2 Å². The number of nitrogens with one attached hydrogen (secondary N) is 1. The van der Waals surface area contributed by atoms with Crippen molar-refractivity contribution in [2.45, 2.75) is 51.2 Å². The van der Waals surface area contributed by atoms with Gasteiger partial charge in [0.05, 0.1) is 5.92 Å². The molecule has 0 aromatic carbocycles. The molecule has 21 heavy (non-hydrogen) atoms. The molecule has 1 saturated carbocycles. The third-order valence-corrected chi connectivity index (χ3v) is 4.22. The van der Waals surface area contributed by atoms with E-state index in [4.69, 9.17) is 0 Å². The molecular formula is C15H22F3N3. The van der Waals surface area contributed by atoms with Crippen molar-refractivity contribution in [1.82, 2.24) is 15.3 Å². The van der Waals surface area contributed by atoms with Gasteiger partial charge in [0.25, 0.3) is 0 Å². The van der Waals surface area contributed by atoms with Crippen LogP contribution in [0.3, 0.4) is 0 Å². The standard InChI is InChI=1S/C15H22F3N3/c1-2-7-21-14(11-8-19-10-20-9-11)12-5-3-4-6-13(12)15(16,17)18/h8-10,12-14,21H,2-7H2,1H3. The van der Waals surface area contributed by atoms with E-state index in [1.165, 1.54) is 6.33 Å². The number of alkyl halides is 3. The molecule has 0 aliphatic heterocycles. The first-order chi connectivity index (χ1) is 10.0. The fourth-order valence-corrected chi connectivity index (χ4v) is 3.25. The monoisotopic (exact) mass is 301 g/mol. The molecule has 1 aliphatic rings. The smallest absolute Gasteiger partial charge is 0.310 e. The van der Waals surface area contributed by atoms with Crippen LogP contribution in [0, 0.1) is 11.8 Å². The van der Waals surface area contributed by atoms with Crippen LogP contribution in [0.2, 0.25) is 0 Å². The Morgan fingerprint density at radius 3 is 2.52 bits per heavy atom. The summed E-state index contributed by atoms with van der Waals surface area (Å²) in [4.78, 5) is 7.93. The van der Waals surface area contributed by atoms with Gasteiger partial charge in [0.2, 0.25) is 0 Å². The summed E-state index contributed by atoms with van der Waals surface area (Å²) in [5.74, 6) is -1.67. The van der Waals surface area contributed by atoms with Gasteiger partial charge in [0.1, 0.15) is 6.33 Å². The van der Waals surface area contributed by atoms with E-state index in [-0.39, 0.29) is 12.5 Å². The molecule has 1 N–H and O–H groups in total. The first kappa shape index (κ1) is 16.2. The van der Waals surface area contributed by atoms with Crippen molar-refractivity contribution in [3.05, 3.63) is 24.3 Å². The van der Waals surface area contributed by atoms with Gasteiger partial charge in [-0.2, -0.15) is 13.2 Å². The van der Waals surface area contributed by atoms with E-state index in [2.05, 4.69) is 15.3 Å². The second-order valence-electron chi connectivity index (χ2n) is 5.70. The average Bonchev–Trinajstić information content (AvgIpc) is 2.48. The lowest BCUT2D eigenvalue weighted by molar-refractivity contribution is -0.199. The van der Waals surface area contributed by atoms with Gasteiger partial charge in [0.15, 0.2) is 0 Å². The number of rotatable bonds is 5. The number of hydrogen-bond acceptors (Lipinski definition) is 3. The zero-order valence-electron chi connectivity index (χ0n) is 12.2.